The van der Waals surface area contributed by atoms with Crippen molar-refractivity contribution in [3.63, 3.8) is 0 Å². The van der Waals surface area contributed by atoms with Gasteiger partial charge in [0.2, 0.25) is 5.43 Å². The number of carbonyl (C=O) groups is 1. The summed E-state index contributed by atoms with van der Waals surface area (Å²) in [6.45, 7) is 7.45. The van der Waals surface area contributed by atoms with Crippen molar-refractivity contribution in [1.82, 2.24) is 14.5 Å². The zero-order valence-corrected chi connectivity index (χ0v) is 18.1. The highest BCUT2D eigenvalue weighted by molar-refractivity contribution is 7.13. The van der Waals surface area contributed by atoms with Crippen LogP contribution in [0, 0.1) is 12.7 Å². The van der Waals surface area contributed by atoms with Crippen molar-refractivity contribution in [1.29, 1.82) is 0 Å². The maximum Gasteiger partial charge on any atom is 0.262 e. The average molecular weight is 430 g/mol. The molecule has 0 saturated carbocycles. The number of aromatic nitrogens is 2. The number of piperazine rings is 1. The highest BCUT2D eigenvalue weighted by atomic mass is 32.1. The van der Waals surface area contributed by atoms with Gasteiger partial charge in [0.1, 0.15) is 11.4 Å². The van der Waals surface area contributed by atoms with E-state index in [-0.39, 0.29) is 10.9 Å². The molecule has 1 aliphatic rings. The highest BCUT2D eigenvalue weighted by Gasteiger charge is 2.22. The molecule has 1 saturated heterocycles. The van der Waals surface area contributed by atoms with E-state index in [1.54, 1.807) is 12.3 Å². The van der Waals surface area contributed by atoms with E-state index in [1.807, 2.05) is 35.7 Å². The maximum atomic E-state index is 15.0. The number of amides is 1. The summed E-state index contributed by atoms with van der Waals surface area (Å²) in [5, 5.41) is 5.11. The molecule has 4 rings (SSSR count). The topological polar surface area (TPSA) is 70.5 Å². The Labute approximate surface area is 177 Å². The van der Waals surface area contributed by atoms with Gasteiger partial charge < -0.3 is 14.4 Å². The third-order valence-electron chi connectivity index (χ3n) is 5.42. The smallest absolute Gasteiger partial charge is 0.262 e. The second-order valence-corrected chi connectivity index (χ2v) is 8.38. The summed E-state index contributed by atoms with van der Waals surface area (Å²) in [5.41, 5.74) is 1.40. The molecule has 1 aromatic carbocycles. The molecular weight excluding hydrogens is 405 g/mol. The molecule has 3 aromatic rings. The van der Waals surface area contributed by atoms with Gasteiger partial charge in [-0.3, -0.25) is 14.9 Å². The molecule has 0 atom stereocenters. The van der Waals surface area contributed by atoms with Crippen LogP contribution in [-0.4, -0.2) is 53.6 Å². The number of benzene rings is 1. The molecule has 9 heteroatoms. The largest absolute Gasteiger partial charge is 0.367 e. The van der Waals surface area contributed by atoms with E-state index in [2.05, 4.69) is 15.2 Å². The standard InChI is InChI=1S/C21H24FN5O2S/c1-4-26-11-15(20(29)24-21-23-13(2)12-30-21)19(28)14-9-16(22)18(10-17(14)26)27-7-5-25(3)6-8-27/h9-12H,4-8H2,1-3H3,(H,23,24,29). The highest BCUT2D eigenvalue weighted by Crippen LogP contribution is 2.26. The normalized spacial score (nSPS) is 15.0. The molecule has 0 radical (unpaired) electrons. The van der Waals surface area contributed by atoms with Gasteiger partial charge in [0, 0.05) is 49.7 Å². The Bertz CT molecular complexity index is 1160. The molecule has 1 amide bonds. The lowest BCUT2D eigenvalue weighted by molar-refractivity contribution is 0.102. The Hall–Kier alpha value is -2.78. The van der Waals surface area contributed by atoms with Gasteiger partial charge in [-0.05, 0) is 33.0 Å². The number of fused-ring (bicyclic) bond motifs is 1. The molecule has 1 aliphatic heterocycles. The number of pyridine rings is 1. The van der Waals surface area contributed by atoms with Crippen molar-refractivity contribution >= 4 is 39.0 Å². The van der Waals surface area contributed by atoms with E-state index >= 15 is 0 Å². The van der Waals surface area contributed by atoms with Crippen LogP contribution >= 0.6 is 11.3 Å². The fourth-order valence-electron chi connectivity index (χ4n) is 3.69. The van der Waals surface area contributed by atoms with E-state index in [1.165, 1.54) is 17.4 Å². The number of nitrogens with one attached hydrogen (secondary N) is 1. The van der Waals surface area contributed by atoms with E-state index in [4.69, 9.17) is 0 Å². The van der Waals surface area contributed by atoms with Gasteiger partial charge in [-0.1, -0.05) is 0 Å². The molecule has 1 fully saturated rings. The predicted octanol–water partition coefficient (Wildman–Crippen LogP) is 2.93. The number of likely N-dealkylation sites (N-methyl/N-ethyl adjacent to an activating group) is 1. The number of aryl methyl sites for hydroxylation is 2. The average Bonchev–Trinajstić information content (AvgIpc) is 3.13. The summed E-state index contributed by atoms with van der Waals surface area (Å²) in [7, 11) is 2.04. The molecule has 7 nitrogen and oxygen atoms in total. The number of anilines is 2. The van der Waals surface area contributed by atoms with Gasteiger partial charge in [-0.2, -0.15) is 0 Å². The number of hydrogen-bond donors (Lipinski definition) is 1. The lowest BCUT2D eigenvalue weighted by atomic mass is 10.1. The van der Waals surface area contributed by atoms with Crippen LogP contribution in [0.25, 0.3) is 10.9 Å². The number of hydrogen-bond acceptors (Lipinski definition) is 6. The number of nitrogens with zero attached hydrogens (tertiary/aromatic N) is 4. The Kier molecular flexibility index (Phi) is 5.57. The van der Waals surface area contributed by atoms with Crippen molar-refractivity contribution in [2.75, 3.05) is 43.4 Å². The van der Waals surface area contributed by atoms with Gasteiger partial charge in [0.05, 0.1) is 16.9 Å². The Morgan fingerprint density at radius 3 is 2.63 bits per heavy atom. The molecule has 30 heavy (non-hydrogen) atoms. The number of halogens is 1. The van der Waals surface area contributed by atoms with Crippen molar-refractivity contribution < 1.29 is 9.18 Å². The van der Waals surface area contributed by atoms with Crippen LogP contribution < -0.4 is 15.6 Å². The summed E-state index contributed by atoms with van der Waals surface area (Å²) in [6.07, 6.45) is 1.55. The second-order valence-electron chi connectivity index (χ2n) is 7.52. The zero-order chi connectivity index (χ0) is 21.4. The molecule has 0 bridgehead atoms. The first-order valence-corrected chi connectivity index (χ1v) is 10.8. The third kappa shape index (κ3) is 3.82. The monoisotopic (exact) mass is 429 g/mol. The first-order chi connectivity index (χ1) is 14.4. The van der Waals surface area contributed by atoms with Crippen LogP contribution in [0.1, 0.15) is 23.0 Å². The summed E-state index contributed by atoms with van der Waals surface area (Å²) in [5.74, 6) is -0.984. The minimum atomic E-state index is -0.540. The van der Waals surface area contributed by atoms with Crippen molar-refractivity contribution in [3.05, 3.63) is 51.0 Å². The number of thiazole rings is 1. The lowest BCUT2D eigenvalue weighted by Crippen LogP contribution is -2.44. The number of rotatable bonds is 4. The molecule has 2 aromatic heterocycles. The molecule has 3 heterocycles. The predicted molar refractivity (Wildman–Crippen MR) is 118 cm³/mol. The Morgan fingerprint density at radius 2 is 2.00 bits per heavy atom. The van der Waals surface area contributed by atoms with Crippen LogP contribution in [0.15, 0.2) is 28.5 Å². The van der Waals surface area contributed by atoms with Crippen LogP contribution in [0.3, 0.4) is 0 Å². The Morgan fingerprint density at radius 1 is 1.27 bits per heavy atom. The summed E-state index contributed by atoms with van der Waals surface area (Å²) >= 11 is 1.29. The van der Waals surface area contributed by atoms with Crippen molar-refractivity contribution in [3.8, 4) is 0 Å². The summed E-state index contributed by atoms with van der Waals surface area (Å²) in [4.78, 5) is 34.2. The minimum Gasteiger partial charge on any atom is -0.367 e. The molecular formula is C21H24FN5O2S. The number of carbonyl (C=O) groups excluding carboxylic acids is 1. The fraction of sp³-hybridized carbons (Fsp3) is 0.381. The van der Waals surface area contributed by atoms with Gasteiger partial charge >= 0.3 is 0 Å². The van der Waals surface area contributed by atoms with Crippen LogP contribution in [-0.2, 0) is 6.54 Å². The molecule has 0 unspecified atom stereocenters. The van der Waals surface area contributed by atoms with Gasteiger partial charge in [0.15, 0.2) is 5.13 Å². The third-order valence-corrected chi connectivity index (χ3v) is 6.29. The molecule has 1 N–H and O–H groups in total. The summed E-state index contributed by atoms with van der Waals surface area (Å²) in [6, 6.07) is 2.99. The van der Waals surface area contributed by atoms with Crippen LogP contribution in [0.5, 0.6) is 0 Å². The molecule has 158 valence electrons. The van der Waals surface area contributed by atoms with E-state index in [9.17, 15) is 14.0 Å². The van der Waals surface area contributed by atoms with E-state index in [0.717, 1.165) is 31.9 Å². The van der Waals surface area contributed by atoms with Crippen molar-refractivity contribution in [2.24, 2.45) is 0 Å². The second kappa shape index (κ2) is 8.16. The zero-order valence-electron chi connectivity index (χ0n) is 17.2. The van der Waals surface area contributed by atoms with E-state index < -0.39 is 17.2 Å². The van der Waals surface area contributed by atoms with Crippen LogP contribution in [0.4, 0.5) is 15.2 Å². The van der Waals surface area contributed by atoms with Crippen molar-refractivity contribution in [2.45, 2.75) is 20.4 Å². The minimum absolute atomic E-state index is 0.0241. The van der Waals surface area contributed by atoms with Gasteiger partial charge in [-0.25, -0.2) is 9.37 Å². The SMILES string of the molecule is CCn1cc(C(=O)Nc2nc(C)cs2)c(=O)c2cc(F)c(N3CCN(C)CC3)cc21. The first kappa shape index (κ1) is 20.5. The summed E-state index contributed by atoms with van der Waals surface area (Å²) < 4.78 is 16.8. The fourth-order valence-corrected chi connectivity index (χ4v) is 4.37. The lowest BCUT2D eigenvalue weighted by Gasteiger charge is -2.34. The van der Waals surface area contributed by atoms with Crippen LogP contribution in [0.2, 0.25) is 0 Å². The Balaban J connectivity index is 1.76. The quantitative estimate of drug-likeness (QED) is 0.691. The van der Waals surface area contributed by atoms with E-state index in [0.29, 0.717) is 22.9 Å². The maximum absolute atomic E-state index is 15.0. The molecule has 0 spiro atoms. The van der Waals surface area contributed by atoms with Gasteiger partial charge in [-0.15, -0.1) is 11.3 Å². The molecule has 0 aliphatic carbocycles. The van der Waals surface area contributed by atoms with Gasteiger partial charge in [0.25, 0.3) is 5.91 Å². The first-order valence-electron chi connectivity index (χ1n) is 9.91.